The second kappa shape index (κ2) is 4.61. The van der Waals surface area contributed by atoms with E-state index in [1.165, 1.54) is 26.4 Å². The van der Waals surface area contributed by atoms with Crippen molar-refractivity contribution in [2.45, 2.75) is 6.61 Å². The molecule has 1 aromatic carbocycles. The predicted octanol–water partition coefficient (Wildman–Crippen LogP) is 1.10. The fourth-order valence-corrected chi connectivity index (χ4v) is 1.23. The van der Waals surface area contributed by atoms with Crippen molar-refractivity contribution in [1.29, 1.82) is 0 Å². The minimum Gasteiger partial charge on any atom is -0.496 e. The average molecular weight is 213 g/mol. The standard InChI is InChI=1S/C9H11NO5/c1-14-6-3-8(10(12)13)7(5-11)9(4-6)15-2/h3-4,11H,5H2,1-2H3. The first kappa shape index (κ1) is 11.3. The van der Waals surface area contributed by atoms with E-state index in [9.17, 15) is 10.1 Å². The number of nitro benzene ring substituents is 1. The van der Waals surface area contributed by atoms with Gasteiger partial charge >= 0.3 is 0 Å². The van der Waals surface area contributed by atoms with Gasteiger partial charge in [-0.05, 0) is 0 Å². The number of hydrogen-bond acceptors (Lipinski definition) is 5. The van der Waals surface area contributed by atoms with E-state index in [2.05, 4.69) is 0 Å². The third-order valence-corrected chi connectivity index (χ3v) is 1.97. The predicted molar refractivity (Wildman–Crippen MR) is 52.1 cm³/mol. The maximum absolute atomic E-state index is 10.7. The van der Waals surface area contributed by atoms with Crippen LogP contribution in [0.4, 0.5) is 5.69 Å². The van der Waals surface area contributed by atoms with Crippen molar-refractivity contribution in [2.75, 3.05) is 14.2 Å². The maximum atomic E-state index is 10.7. The number of nitro groups is 1. The van der Waals surface area contributed by atoms with Gasteiger partial charge < -0.3 is 14.6 Å². The molecule has 0 aliphatic rings. The number of rotatable bonds is 4. The Hall–Kier alpha value is -1.82. The minimum atomic E-state index is -0.587. The normalized spacial score (nSPS) is 9.80. The Labute approximate surface area is 86.2 Å². The van der Waals surface area contributed by atoms with Crippen molar-refractivity contribution < 1.29 is 19.5 Å². The highest BCUT2D eigenvalue weighted by atomic mass is 16.6. The van der Waals surface area contributed by atoms with E-state index in [1.807, 2.05) is 0 Å². The molecule has 0 amide bonds. The summed E-state index contributed by atoms with van der Waals surface area (Å²) in [5, 5.41) is 19.7. The Morgan fingerprint density at radius 3 is 2.47 bits per heavy atom. The van der Waals surface area contributed by atoms with Crippen LogP contribution in [0.15, 0.2) is 12.1 Å². The van der Waals surface area contributed by atoms with Crippen LogP contribution in [0.3, 0.4) is 0 Å². The number of hydrogen-bond donors (Lipinski definition) is 1. The lowest BCUT2D eigenvalue weighted by molar-refractivity contribution is -0.386. The summed E-state index contributed by atoms with van der Waals surface area (Å²) in [7, 11) is 2.77. The van der Waals surface area contributed by atoms with Gasteiger partial charge in [-0.15, -0.1) is 0 Å². The summed E-state index contributed by atoms with van der Waals surface area (Å²) in [6, 6.07) is 2.73. The molecule has 0 radical (unpaired) electrons. The first-order valence-electron chi connectivity index (χ1n) is 4.14. The zero-order valence-corrected chi connectivity index (χ0v) is 8.39. The van der Waals surface area contributed by atoms with E-state index in [0.717, 1.165) is 0 Å². The van der Waals surface area contributed by atoms with Crippen molar-refractivity contribution in [2.24, 2.45) is 0 Å². The molecule has 0 aliphatic heterocycles. The Morgan fingerprint density at radius 2 is 2.07 bits per heavy atom. The lowest BCUT2D eigenvalue weighted by Crippen LogP contribution is -2.00. The van der Waals surface area contributed by atoms with Crippen LogP contribution >= 0.6 is 0 Å². The molecule has 0 saturated carbocycles. The third-order valence-electron chi connectivity index (χ3n) is 1.97. The Kier molecular flexibility index (Phi) is 3.46. The minimum absolute atomic E-state index is 0.142. The molecule has 6 heteroatoms. The highest BCUT2D eigenvalue weighted by Crippen LogP contribution is 2.33. The average Bonchev–Trinajstić information content (AvgIpc) is 2.26. The van der Waals surface area contributed by atoms with Gasteiger partial charge in [-0.1, -0.05) is 0 Å². The molecule has 1 rings (SSSR count). The second-order valence-electron chi connectivity index (χ2n) is 2.74. The number of benzene rings is 1. The van der Waals surface area contributed by atoms with Gasteiger partial charge in [0, 0.05) is 6.07 Å². The number of methoxy groups -OCH3 is 2. The molecule has 0 heterocycles. The van der Waals surface area contributed by atoms with Crippen molar-refractivity contribution in [3.8, 4) is 11.5 Å². The van der Waals surface area contributed by atoms with Crippen molar-refractivity contribution >= 4 is 5.69 Å². The van der Waals surface area contributed by atoms with Gasteiger partial charge in [0.25, 0.3) is 5.69 Å². The topological polar surface area (TPSA) is 81.8 Å². The van der Waals surface area contributed by atoms with Crippen LogP contribution in [0.5, 0.6) is 11.5 Å². The zero-order chi connectivity index (χ0) is 11.4. The molecule has 15 heavy (non-hydrogen) atoms. The smallest absolute Gasteiger partial charge is 0.282 e. The van der Waals surface area contributed by atoms with Crippen molar-refractivity contribution in [3.05, 3.63) is 27.8 Å². The Bertz CT molecular complexity index is 377. The van der Waals surface area contributed by atoms with Crippen LogP contribution in [0.1, 0.15) is 5.56 Å². The lowest BCUT2D eigenvalue weighted by atomic mass is 10.1. The summed E-state index contributed by atoms with van der Waals surface area (Å²) < 4.78 is 9.81. The van der Waals surface area contributed by atoms with E-state index in [1.54, 1.807) is 0 Å². The molecule has 1 N–H and O–H groups in total. The van der Waals surface area contributed by atoms with Gasteiger partial charge in [0.15, 0.2) is 0 Å². The number of ether oxygens (including phenoxy) is 2. The maximum Gasteiger partial charge on any atom is 0.282 e. The molecule has 0 aromatic heterocycles. The molecule has 0 unspecified atom stereocenters. The molecular weight excluding hydrogens is 202 g/mol. The first-order chi connectivity index (χ1) is 7.13. The molecule has 82 valence electrons. The monoisotopic (exact) mass is 213 g/mol. The second-order valence-corrected chi connectivity index (χ2v) is 2.74. The van der Waals surface area contributed by atoms with Crippen LogP contribution < -0.4 is 9.47 Å². The first-order valence-corrected chi connectivity index (χ1v) is 4.14. The van der Waals surface area contributed by atoms with Gasteiger partial charge in [-0.25, -0.2) is 0 Å². The van der Waals surface area contributed by atoms with Gasteiger partial charge in [0.2, 0.25) is 0 Å². The number of aliphatic hydroxyl groups is 1. The molecule has 1 aromatic rings. The highest BCUT2D eigenvalue weighted by Gasteiger charge is 2.19. The van der Waals surface area contributed by atoms with Crippen LogP contribution in [0, 0.1) is 10.1 Å². The molecule has 0 bridgehead atoms. The molecule has 0 atom stereocenters. The van der Waals surface area contributed by atoms with Gasteiger partial charge in [0.1, 0.15) is 11.5 Å². The fourth-order valence-electron chi connectivity index (χ4n) is 1.23. The van der Waals surface area contributed by atoms with Crippen LogP contribution in [0.2, 0.25) is 0 Å². The third kappa shape index (κ3) is 2.16. The molecule has 0 spiro atoms. The molecule has 0 saturated heterocycles. The van der Waals surface area contributed by atoms with Gasteiger partial charge in [-0.3, -0.25) is 10.1 Å². The van der Waals surface area contributed by atoms with Gasteiger partial charge in [0.05, 0.1) is 37.4 Å². The van der Waals surface area contributed by atoms with E-state index in [4.69, 9.17) is 14.6 Å². The number of aliphatic hydroxyl groups excluding tert-OH is 1. The molecule has 6 nitrogen and oxygen atoms in total. The quantitative estimate of drug-likeness (QED) is 0.598. The zero-order valence-electron chi connectivity index (χ0n) is 8.39. The summed E-state index contributed by atoms with van der Waals surface area (Å²) in [4.78, 5) is 10.1. The molecular formula is C9H11NO5. The Balaban J connectivity index is 3.39. The van der Waals surface area contributed by atoms with E-state index < -0.39 is 11.5 Å². The largest absolute Gasteiger partial charge is 0.496 e. The van der Waals surface area contributed by atoms with E-state index in [-0.39, 0.29) is 17.0 Å². The fraction of sp³-hybridized carbons (Fsp3) is 0.333. The van der Waals surface area contributed by atoms with Crippen molar-refractivity contribution in [1.82, 2.24) is 0 Å². The van der Waals surface area contributed by atoms with Crippen LogP contribution in [0.25, 0.3) is 0 Å². The highest BCUT2D eigenvalue weighted by molar-refractivity contribution is 5.54. The van der Waals surface area contributed by atoms with Gasteiger partial charge in [-0.2, -0.15) is 0 Å². The lowest BCUT2D eigenvalue weighted by Gasteiger charge is -2.08. The van der Waals surface area contributed by atoms with Crippen molar-refractivity contribution in [3.63, 3.8) is 0 Å². The SMILES string of the molecule is COc1cc(OC)c(CO)c([N+](=O)[O-])c1. The summed E-state index contributed by atoms with van der Waals surface area (Å²) in [6.45, 7) is -0.455. The van der Waals surface area contributed by atoms with E-state index in [0.29, 0.717) is 5.75 Å². The summed E-state index contributed by atoms with van der Waals surface area (Å²) in [6.07, 6.45) is 0. The summed E-state index contributed by atoms with van der Waals surface area (Å²) in [5.41, 5.74) is -0.0722. The summed E-state index contributed by atoms with van der Waals surface area (Å²) in [5.74, 6) is 0.555. The molecule has 0 fully saturated rings. The van der Waals surface area contributed by atoms with E-state index >= 15 is 0 Å². The summed E-state index contributed by atoms with van der Waals surface area (Å²) >= 11 is 0. The van der Waals surface area contributed by atoms with Crippen LogP contribution in [-0.2, 0) is 6.61 Å². The molecule has 0 aliphatic carbocycles. The van der Waals surface area contributed by atoms with Crippen LogP contribution in [-0.4, -0.2) is 24.2 Å². The number of nitrogens with zero attached hydrogens (tertiary/aromatic N) is 1. The Morgan fingerprint density at radius 1 is 1.40 bits per heavy atom.